The summed E-state index contributed by atoms with van der Waals surface area (Å²) in [7, 11) is 4.07. The molecule has 0 amide bonds. The highest BCUT2D eigenvalue weighted by Crippen LogP contribution is 2.26. The maximum atomic E-state index is 6.02. The van der Waals surface area contributed by atoms with Gasteiger partial charge >= 0.3 is 0 Å². The first kappa shape index (κ1) is 16.7. The van der Waals surface area contributed by atoms with Gasteiger partial charge in [-0.05, 0) is 50.5 Å². The Hall–Kier alpha value is -2.77. The van der Waals surface area contributed by atoms with Crippen molar-refractivity contribution in [2.45, 2.75) is 6.54 Å². The smallest absolute Gasteiger partial charge is 0.258 e. The summed E-state index contributed by atoms with van der Waals surface area (Å²) in [5, 5.41) is 13.2. The van der Waals surface area contributed by atoms with Crippen LogP contribution >= 0.6 is 11.6 Å². The molecule has 0 atom stereocenters. The van der Waals surface area contributed by atoms with Crippen LogP contribution in [-0.2, 0) is 6.54 Å². The normalized spacial score (nSPS) is 11.5. The second-order valence-electron chi connectivity index (χ2n) is 6.25. The summed E-state index contributed by atoms with van der Waals surface area (Å²) in [6.45, 7) is 1.68. The van der Waals surface area contributed by atoms with Gasteiger partial charge < -0.3 is 9.42 Å². The summed E-state index contributed by atoms with van der Waals surface area (Å²) in [6.07, 6.45) is 0. The third-order valence-corrected chi connectivity index (χ3v) is 4.26. The number of benzene rings is 2. The lowest BCUT2D eigenvalue weighted by molar-refractivity contribution is 0.374. The summed E-state index contributed by atoms with van der Waals surface area (Å²) >= 11 is 6.02. The van der Waals surface area contributed by atoms with Crippen LogP contribution in [0.1, 0.15) is 0 Å². The Morgan fingerprint density at radius 3 is 2.81 bits per heavy atom. The molecule has 2 heterocycles. The van der Waals surface area contributed by atoms with Crippen LogP contribution in [0.3, 0.4) is 0 Å². The van der Waals surface area contributed by atoms with Crippen molar-refractivity contribution >= 4 is 22.6 Å². The summed E-state index contributed by atoms with van der Waals surface area (Å²) in [5.41, 5.74) is 3.39. The zero-order valence-corrected chi connectivity index (χ0v) is 15.2. The third-order valence-electron chi connectivity index (χ3n) is 4.03. The van der Waals surface area contributed by atoms with Crippen LogP contribution in [0.25, 0.3) is 33.9 Å². The summed E-state index contributed by atoms with van der Waals surface area (Å²) in [5.74, 6) is 0.932. The molecule has 7 nitrogen and oxygen atoms in total. The quantitative estimate of drug-likeness (QED) is 0.537. The molecule has 0 aliphatic heterocycles. The van der Waals surface area contributed by atoms with Crippen LogP contribution in [0.15, 0.2) is 47.0 Å². The average molecular weight is 369 g/mol. The van der Waals surface area contributed by atoms with Gasteiger partial charge in [0.05, 0.1) is 12.1 Å². The fourth-order valence-electron chi connectivity index (χ4n) is 2.65. The number of fused-ring (bicyclic) bond motifs is 1. The van der Waals surface area contributed by atoms with Gasteiger partial charge in [0.1, 0.15) is 5.52 Å². The fraction of sp³-hybridized carbons (Fsp3) is 0.222. The second kappa shape index (κ2) is 6.86. The molecule has 0 saturated heterocycles. The highest BCUT2D eigenvalue weighted by molar-refractivity contribution is 6.30. The SMILES string of the molecule is CN(C)CCn1nnc2cc(-c3noc(-c4cccc(Cl)c4)n3)ccc21. The highest BCUT2D eigenvalue weighted by Gasteiger charge is 2.13. The first-order valence-electron chi connectivity index (χ1n) is 8.18. The van der Waals surface area contributed by atoms with E-state index in [1.165, 1.54) is 0 Å². The van der Waals surface area contributed by atoms with Gasteiger partial charge in [0.25, 0.3) is 5.89 Å². The Kier molecular flexibility index (Phi) is 4.40. The highest BCUT2D eigenvalue weighted by atomic mass is 35.5. The molecule has 8 heteroatoms. The second-order valence-corrected chi connectivity index (χ2v) is 6.69. The summed E-state index contributed by atoms with van der Waals surface area (Å²) < 4.78 is 7.27. The molecule has 26 heavy (non-hydrogen) atoms. The number of aromatic nitrogens is 5. The van der Waals surface area contributed by atoms with Gasteiger partial charge in [-0.15, -0.1) is 5.10 Å². The van der Waals surface area contributed by atoms with Crippen LogP contribution in [0, 0.1) is 0 Å². The number of halogens is 1. The fourth-order valence-corrected chi connectivity index (χ4v) is 2.84. The Balaban J connectivity index is 1.63. The lowest BCUT2D eigenvalue weighted by atomic mass is 10.2. The van der Waals surface area contributed by atoms with Crippen molar-refractivity contribution < 1.29 is 4.52 Å². The predicted molar refractivity (Wildman–Crippen MR) is 99.8 cm³/mol. The molecule has 0 spiro atoms. The Morgan fingerprint density at radius 1 is 1.12 bits per heavy atom. The van der Waals surface area contributed by atoms with E-state index in [2.05, 4.69) is 25.4 Å². The van der Waals surface area contributed by atoms with Crippen molar-refractivity contribution in [1.82, 2.24) is 30.0 Å². The largest absolute Gasteiger partial charge is 0.334 e. The molecule has 0 N–H and O–H groups in total. The molecule has 0 aliphatic carbocycles. The molecule has 0 unspecified atom stereocenters. The van der Waals surface area contributed by atoms with Crippen molar-refractivity contribution in [2.24, 2.45) is 0 Å². The van der Waals surface area contributed by atoms with E-state index in [0.29, 0.717) is 16.7 Å². The topological polar surface area (TPSA) is 72.9 Å². The first-order valence-corrected chi connectivity index (χ1v) is 8.56. The zero-order chi connectivity index (χ0) is 18.1. The Labute approximate surface area is 155 Å². The van der Waals surface area contributed by atoms with E-state index in [0.717, 1.165) is 35.2 Å². The molecule has 132 valence electrons. The van der Waals surface area contributed by atoms with E-state index in [1.807, 2.05) is 49.1 Å². The van der Waals surface area contributed by atoms with Crippen LogP contribution in [-0.4, -0.2) is 50.7 Å². The summed E-state index contributed by atoms with van der Waals surface area (Å²) in [4.78, 5) is 6.58. The number of hydrogen-bond acceptors (Lipinski definition) is 6. The molecule has 2 aromatic carbocycles. The van der Waals surface area contributed by atoms with Crippen molar-refractivity contribution in [3.8, 4) is 22.8 Å². The van der Waals surface area contributed by atoms with Gasteiger partial charge in [-0.25, -0.2) is 4.68 Å². The minimum Gasteiger partial charge on any atom is -0.334 e. The standard InChI is InChI=1S/C18H17ClN6O/c1-24(2)8-9-25-16-7-6-12(11-15(16)21-23-25)17-20-18(26-22-17)13-4-3-5-14(19)10-13/h3-7,10-11H,8-9H2,1-2H3. The Morgan fingerprint density at radius 2 is 2.00 bits per heavy atom. The first-order chi connectivity index (χ1) is 12.6. The van der Waals surface area contributed by atoms with Gasteiger partial charge in [0.2, 0.25) is 5.82 Å². The molecule has 0 radical (unpaired) electrons. The molecule has 4 aromatic rings. The average Bonchev–Trinajstić information content (AvgIpc) is 3.27. The van der Waals surface area contributed by atoms with Gasteiger partial charge in [-0.3, -0.25) is 0 Å². The predicted octanol–water partition coefficient (Wildman–Crippen LogP) is 3.36. The number of likely N-dealkylation sites (N-methyl/N-ethyl adjacent to an activating group) is 1. The molecule has 0 fully saturated rings. The van der Waals surface area contributed by atoms with Crippen molar-refractivity contribution in [2.75, 3.05) is 20.6 Å². The molecule has 0 aliphatic rings. The van der Waals surface area contributed by atoms with E-state index in [-0.39, 0.29) is 0 Å². The van der Waals surface area contributed by atoms with Crippen molar-refractivity contribution in [1.29, 1.82) is 0 Å². The van der Waals surface area contributed by atoms with Crippen molar-refractivity contribution in [3.05, 3.63) is 47.5 Å². The molecule has 0 bridgehead atoms. The zero-order valence-electron chi connectivity index (χ0n) is 14.4. The number of rotatable bonds is 5. The minimum absolute atomic E-state index is 0.428. The van der Waals surface area contributed by atoms with Crippen LogP contribution in [0.2, 0.25) is 5.02 Å². The molecular weight excluding hydrogens is 352 g/mol. The molecule has 2 aromatic heterocycles. The lowest BCUT2D eigenvalue weighted by Gasteiger charge is -2.09. The van der Waals surface area contributed by atoms with Gasteiger partial charge in [-0.2, -0.15) is 4.98 Å². The maximum Gasteiger partial charge on any atom is 0.258 e. The van der Waals surface area contributed by atoms with Crippen LogP contribution in [0.4, 0.5) is 0 Å². The number of nitrogens with zero attached hydrogens (tertiary/aromatic N) is 6. The number of hydrogen-bond donors (Lipinski definition) is 0. The van der Waals surface area contributed by atoms with E-state index in [4.69, 9.17) is 16.1 Å². The molecule has 0 saturated carbocycles. The minimum atomic E-state index is 0.428. The van der Waals surface area contributed by atoms with Gasteiger partial charge in [-0.1, -0.05) is 28.0 Å². The summed E-state index contributed by atoms with van der Waals surface area (Å²) in [6, 6.07) is 13.2. The van der Waals surface area contributed by atoms with Crippen LogP contribution < -0.4 is 0 Å². The van der Waals surface area contributed by atoms with E-state index >= 15 is 0 Å². The molecule has 4 rings (SSSR count). The maximum absolute atomic E-state index is 6.02. The van der Waals surface area contributed by atoms with Crippen LogP contribution in [0.5, 0.6) is 0 Å². The van der Waals surface area contributed by atoms with E-state index in [9.17, 15) is 0 Å². The van der Waals surface area contributed by atoms with Crippen molar-refractivity contribution in [3.63, 3.8) is 0 Å². The van der Waals surface area contributed by atoms with Gasteiger partial charge in [0, 0.05) is 22.7 Å². The lowest BCUT2D eigenvalue weighted by Crippen LogP contribution is -2.18. The van der Waals surface area contributed by atoms with E-state index < -0.39 is 0 Å². The monoisotopic (exact) mass is 368 g/mol. The third kappa shape index (κ3) is 3.31. The van der Waals surface area contributed by atoms with E-state index in [1.54, 1.807) is 12.1 Å². The van der Waals surface area contributed by atoms with Gasteiger partial charge in [0.15, 0.2) is 0 Å². The molecular formula is C18H17ClN6O. The Bertz CT molecular complexity index is 1050.